The first kappa shape index (κ1) is 18.5. The summed E-state index contributed by atoms with van der Waals surface area (Å²) in [6, 6.07) is 9.97. The molecule has 5 nitrogen and oxygen atoms in total. The van der Waals surface area contributed by atoms with Crippen molar-refractivity contribution in [1.29, 1.82) is 0 Å². The topological polar surface area (TPSA) is 56.1 Å². The lowest BCUT2D eigenvalue weighted by Gasteiger charge is -2.26. The molecule has 146 valence electrons. The number of rotatable bonds is 4. The van der Waals surface area contributed by atoms with E-state index in [1.54, 1.807) is 19.2 Å². The van der Waals surface area contributed by atoms with E-state index in [1.165, 1.54) is 25.0 Å². The van der Waals surface area contributed by atoms with Gasteiger partial charge in [-0.1, -0.05) is 19.1 Å². The third-order valence-corrected chi connectivity index (χ3v) is 5.57. The zero-order chi connectivity index (χ0) is 19.7. The molecular weight excluding hydrogens is 357 g/mol. The van der Waals surface area contributed by atoms with Gasteiger partial charge in [0, 0.05) is 17.6 Å². The molecular formula is C22H24FN3O2. The summed E-state index contributed by atoms with van der Waals surface area (Å²) in [6.45, 7) is 2.30. The van der Waals surface area contributed by atoms with Crippen molar-refractivity contribution < 1.29 is 13.9 Å². The van der Waals surface area contributed by atoms with E-state index in [2.05, 4.69) is 12.2 Å². The van der Waals surface area contributed by atoms with Crippen LogP contribution in [0.1, 0.15) is 49.0 Å². The average Bonchev–Trinajstić information content (AvgIpc) is 3.11. The van der Waals surface area contributed by atoms with E-state index in [0.717, 1.165) is 29.7 Å². The van der Waals surface area contributed by atoms with Gasteiger partial charge in [-0.15, -0.1) is 0 Å². The molecule has 2 aromatic carbocycles. The number of nitrogens with one attached hydrogen (secondary N) is 1. The lowest BCUT2D eigenvalue weighted by Crippen LogP contribution is -2.16. The Morgan fingerprint density at radius 2 is 1.96 bits per heavy atom. The molecule has 0 atom stereocenters. The summed E-state index contributed by atoms with van der Waals surface area (Å²) in [7, 11) is 1.54. The predicted octanol–water partition coefficient (Wildman–Crippen LogP) is 5.19. The molecule has 0 aliphatic heterocycles. The van der Waals surface area contributed by atoms with Crippen molar-refractivity contribution >= 4 is 22.5 Å². The molecule has 1 aliphatic rings. The number of methoxy groups -OCH3 is 1. The van der Waals surface area contributed by atoms with Gasteiger partial charge in [-0.05, 0) is 49.8 Å². The standard InChI is InChI=1S/C22H24FN3O2/c1-14-7-9-16(10-8-14)26-13-15-11-20(21(28-2)12-19(15)25-26)24-22(27)17-5-3-4-6-18(17)23/h3-6,11-14,16H,7-10H2,1-2H3,(H,24,27)/t14-,16-. The molecule has 28 heavy (non-hydrogen) atoms. The van der Waals surface area contributed by atoms with Gasteiger partial charge in [-0.25, -0.2) is 4.39 Å². The fraction of sp³-hybridized carbons (Fsp3) is 0.364. The second-order valence-electron chi connectivity index (χ2n) is 7.57. The van der Waals surface area contributed by atoms with E-state index in [4.69, 9.17) is 9.84 Å². The number of nitrogens with zero attached hydrogens (tertiary/aromatic N) is 2. The normalized spacial score (nSPS) is 19.5. The number of benzene rings is 2. The van der Waals surface area contributed by atoms with Crippen LogP contribution in [0.2, 0.25) is 0 Å². The second kappa shape index (κ2) is 7.62. The van der Waals surface area contributed by atoms with Gasteiger partial charge in [0.25, 0.3) is 5.91 Å². The monoisotopic (exact) mass is 381 g/mol. The molecule has 1 saturated carbocycles. The Kier molecular flexibility index (Phi) is 5.03. The highest BCUT2D eigenvalue weighted by molar-refractivity contribution is 6.06. The Hall–Kier alpha value is -2.89. The van der Waals surface area contributed by atoms with Crippen molar-refractivity contribution in [3.8, 4) is 5.75 Å². The van der Waals surface area contributed by atoms with Gasteiger partial charge >= 0.3 is 0 Å². The Labute approximate surface area is 163 Å². The van der Waals surface area contributed by atoms with Crippen LogP contribution in [0.4, 0.5) is 10.1 Å². The number of anilines is 1. The van der Waals surface area contributed by atoms with Crippen LogP contribution >= 0.6 is 0 Å². The number of carbonyl (C=O) groups is 1. The summed E-state index contributed by atoms with van der Waals surface area (Å²) < 4.78 is 21.4. The Balaban J connectivity index is 1.63. The number of carbonyl (C=O) groups excluding carboxylic acids is 1. The van der Waals surface area contributed by atoms with Crippen LogP contribution in [-0.2, 0) is 0 Å². The first-order valence-corrected chi connectivity index (χ1v) is 9.68. The molecule has 0 spiro atoms. The maximum absolute atomic E-state index is 13.9. The summed E-state index contributed by atoms with van der Waals surface area (Å²) in [5, 5.41) is 8.41. The molecule has 0 radical (unpaired) electrons. The molecule has 6 heteroatoms. The number of fused-ring (bicyclic) bond motifs is 1. The number of amides is 1. The van der Waals surface area contributed by atoms with Crippen molar-refractivity contribution in [2.75, 3.05) is 12.4 Å². The summed E-state index contributed by atoms with van der Waals surface area (Å²) >= 11 is 0. The molecule has 1 aromatic heterocycles. The van der Waals surface area contributed by atoms with Gasteiger partial charge in [-0.3, -0.25) is 9.48 Å². The molecule has 0 unspecified atom stereocenters. The highest BCUT2D eigenvalue weighted by Gasteiger charge is 2.21. The van der Waals surface area contributed by atoms with E-state index in [1.807, 2.05) is 23.0 Å². The molecule has 0 bridgehead atoms. The SMILES string of the molecule is COc1cc2nn([C@H]3CC[C@H](C)CC3)cc2cc1NC(=O)c1ccccc1F. The first-order valence-electron chi connectivity index (χ1n) is 9.68. The summed E-state index contributed by atoms with van der Waals surface area (Å²) in [4.78, 5) is 12.5. The van der Waals surface area contributed by atoms with Crippen LogP contribution < -0.4 is 10.1 Å². The lowest BCUT2D eigenvalue weighted by atomic mass is 9.87. The van der Waals surface area contributed by atoms with Gasteiger partial charge in [0.05, 0.1) is 29.9 Å². The Morgan fingerprint density at radius 3 is 2.68 bits per heavy atom. The highest BCUT2D eigenvalue weighted by atomic mass is 19.1. The van der Waals surface area contributed by atoms with Crippen LogP contribution in [0, 0.1) is 11.7 Å². The van der Waals surface area contributed by atoms with Crippen LogP contribution in [0.3, 0.4) is 0 Å². The summed E-state index contributed by atoms with van der Waals surface area (Å²) in [5.41, 5.74) is 1.32. The summed E-state index contributed by atoms with van der Waals surface area (Å²) in [5.74, 6) is 0.213. The minimum atomic E-state index is -0.556. The maximum atomic E-state index is 13.9. The second-order valence-corrected chi connectivity index (χ2v) is 7.57. The Morgan fingerprint density at radius 1 is 1.21 bits per heavy atom. The fourth-order valence-corrected chi connectivity index (χ4v) is 3.87. The molecule has 1 heterocycles. The molecule has 1 fully saturated rings. The fourth-order valence-electron chi connectivity index (χ4n) is 3.87. The number of hydrogen-bond donors (Lipinski definition) is 1. The van der Waals surface area contributed by atoms with Gasteiger partial charge in [0.2, 0.25) is 0 Å². The minimum absolute atomic E-state index is 0.00308. The smallest absolute Gasteiger partial charge is 0.258 e. The van der Waals surface area contributed by atoms with Crippen LogP contribution in [0.15, 0.2) is 42.6 Å². The van der Waals surface area contributed by atoms with Crippen molar-refractivity contribution in [2.24, 2.45) is 5.92 Å². The highest BCUT2D eigenvalue weighted by Crippen LogP contribution is 2.34. The largest absolute Gasteiger partial charge is 0.494 e. The quantitative estimate of drug-likeness (QED) is 0.677. The summed E-state index contributed by atoms with van der Waals surface area (Å²) in [6.07, 6.45) is 6.71. The van der Waals surface area contributed by atoms with Crippen LogP contribution in [-0.4, -0.2) is 22.8 Å². The van der Waals surface area contributed by atoms with Crippen molar-refractivity contribution in [3.05, 3.63) is 54.0 Å². The van der Waals surface area contributed by atoms with Gasteiger partial charge in [0.15, 0.2) is 0 Å². The first-order chi connectivity index (χ1) is 13.5. The van der Waals surface area contributed by atoms with Crippen molar-refractivity contribution in [1.82, 2.24) is 9.78 Å². The maximum Gasteiger partial charge on any atom is 0.258 e. The van der Waals surface area contributed by atoms with Gasteiger partial charge in [-0.2, -0.15) is 5.10 Å². The van der Waals surface area contributed by atoms with E-state index in [0.29, 0.717) is 17.5 Å². The Bertz CT molecular complexity index is 1010. The van der Waals surface area contributed by atoms with Crippen molar-refractivity contribution in [3.63, 3.8) is 0 Å². The number of ether oxygens (including phenoxy) is 1. The molecule has 0 saturated heterocycles. The van der Waals surface area contributed by atoms with Crippen LogP contribution in [0.5, 0.6) is 5.75 Å². The predicted molar refractivity (Wildman–Crippen MR) is 107 cm³/mol. The average molecular weight is 381 g/mol. The van der Waals surface area contributed by atoms with E-state index in [9.17, 15) is 9.18 Å². The molecule has 1 N–H and O–H groups in total. The number of aromatic nitrogens is 2. The van der Waals surface area contributed by atoms with Crippen LogP contribution in [0.25, 0.3) is 10.9 Å². The minimum Gasteiger partial charge on any atom is -0.494 e. The molecule has 4 rings (SSSR count). The number of halogens is 1. The zero-order valence-electron chi connectivity index (χ0n) is 16.1. The number of hydrogen-bond acceptors (Lipinski definition) is 3. The van der Waals surface area contributed by atoms with Gasteiger partial charge in [0.1, 0.15) is 11.6 Å². The van der Waals surface area contributed by atoms with Crippen molar-refractivity contribution in [2.45, 2.75) is 38.6 Å². The zero-order valence-corrected chi connectivity index (χ0v) is 16.1. The van der Waals surface area contributed by atoms with Gasteiger partial charge < -0.3 is 10.1 Å². The third-order valence-electron chi connectivity index (χ3n) is 5.57. The molecule has 1 aliphatic carbocycles. The lowest BCUT2D eigenvalue weighted by molar-refractivity contribution is 0.102. The van der Waals surface area contributed by atoms with E-state index < -0.39 is 11.7 Å². The molecule has 3 aromatic rings. The van der Waals surface area contributed by atoms with E-state index in [-0.39, 0.29) is 5.56 Å². The molecule has 1 amide bonds. The van der Waals surface area contributed by atoms with E-state index >= 15 is 0 Å². The third kappa shape index (κ3) is 3.59.